The first kappa shape index (κ1) is 23.6. The molecule has 0 aromatic heterocycles. The first-order chi connectivity index (χ1) is 9.52. The molecule has 7 heteroatoms. The van der Waals surface area contributed by atoms with Gasteiger partial charge < -0.3 is 11.3 Å². The van der Waals surface area contributed by atoms with E-state index in [4.69, 9.17) is 5.73 Å². The molecule has 0 amide bonds. The molecule has 0 bridgehead atoms. The van der Waals surface area contributed by atoms with Crippen LogP contribution in [0.3, 0.4) is 0 Å². The Labute approximate surface area is 153 Å². The quantitative estimate of drug-likeness (QED) is 0.288. The van der Waals surface area contributed by atoms with Gasteiger partial charge in [-0.2, -0.15) is 8.42 Å². The van der Waals surface area contributed by atoms with Crippen molar-refractivity contribution < 1.29 is 48.4 Å². The number of carbonyl (C=O) groups excluding carboxylic acids is 1. The normalized spacial score (nSPS) is 11.0. The molecule has 0 saturated heterocycles. The third kappa shape index (κ3) is 16.6. The molecule has 0 radical (unpaired) electrons. The van der Waals surface area contributed by atoms with E-state index in [1.807, 2.05) is 0 Å². The molecule has 0 atom stereocenters. The molecule has 0 spiro atoms. The fourth-order valence-electron chi connectivity index (χ4n) is 1.95. The summed E-state index contributed by atoms with van der Waals surface area (Å²) in [5.41, 5.74) is 5.12. The van der Waals surface area contributed by atoms with Crippen LogP contribution in [0.4, 0.5) is 0 Å². The van der Waals surface area contributed by atoms with E-state index < -0.39 is 16.1 Å². The SMILES string of the molecule is CCCCCCCCCCCC(=O)OS(=O)(=O)CCN.[H-].[Na+]. The zero-order valence-electron chi connectivity index (χ0n) is 14.6. The first-order valence-electron chi connectivity index (χ1n) is 7.67. The van der Waals surface area contributed by atoms with Crippen molar-refractivity contribution in [1.29, 1.82) is 0 Å². The van der Waals surface area contributed by atoms with Crippen LogP contribution in [0.2, 0.25) is 0 Å². The summed E-state index contributed by atoms with van der Waals surface area (Å²) >= 11 is 0. The Morgan fingerprint density at radius 3 is 1.95 bits per heavy atom. The Hall–Kier alpha value is 0.380. The minimum Gasteiger partial charge on any atom is -1.00 e. The molecule has 2 N–H and O–H groups in total. The summed E-state index contributed by atoms with van der Waals surface area (Å²) in [6.45, 7) is 2.17. The number of unbranched alkanes of at least 4 members (excludes halogenated alkanes) is 8. The summed E-state index contributed by atoms with van der Waals surface area (Å²) in [7, 11) is -3.77. The summed E-state index contributed by atoms with van der Waals surface area (Å²) in [6, 6.07) is 0. The molecule has 0 rings (SSSR count). The Morgan fingerprint density at radius 2 is 1.48 bits per heavy atom. The average Bonchev–Trinajstić information content (AvgIpc) is 2.36. The van der Waals surface area contributed by atoms with Gasteiger partial charge in [-0.15, -0.1) is 0 Å². The van der Waals surface area contributed by atoms with E-state index in [0.29, 0.717) is 6.42 Å². The van der Waals surface area contributed by atoms with Gasteiger partial charge in [0.15, 0.2) is 0 Å². The van der Waals surface area contributed by atoms with Crippen LogP contribution in [0.15, 0.2) is 0 Å². The Morgan fingerprint density at radius 1 is 1.00 bits per heavy atom. The maximum atomic E-state index is 11.3. The third-order valence-corrected chi connectivity index (χ3v) is 4.25. The molecule has 0 unspecified atom stereocenters. The van der Waals surface area contributed by atoms with Crippen molar-refractivity contribution in [1.82, 2.24) is 0 Å². The van der Waals surface area contributed by atoms with Crippen molar-refractivity contribution >= 4 is 16.1 Å². The van der Waals surface area contributed by atoms with Gasteiger partial charge in [0.25, 0.3) is 0 Å². The smallest absolute Gasteiger partial charge is 1.00 e. The van der Waals surface area contributed by atoms with Crippen LogP contribution < -0.4 is 35.3 Å². The molecule has 0 fully saturated rings. The van der Waals surface area contributed by atoms with Crippen molar-refractivity contribution in [3.05, 3.63) is 0 Å². The van der Waals surface area contributed by atoms with Crippen LogP contribution in [0.25, 0.3) is 0 Å². The second-order valence-corrected chi connectivity index (χ2v) is 6.77. The molecule has 0 heterocycles. The second kappa shape index (κ2) is 15.3. The predicted molar refractivity (Wildman–Crippen MR) is 81.9 cm³/mol. The fourth-order valence-corrected chi connectivity index (χ4v) is 2.69. The Kier molecular flexibility index (Phi) is 17.2. The van der Waals surface area contributed by atoms with Gasteiger partial charge in [-0.3, -0.25) is 4.79 Å². The fraction of sp³-hybridized carbons (Fsp3) is 0.929. The predicted octanol–water partition coefficient (Wildman–Crippen LogP) is -0.144. The number of rotatable bonds is 13. The van der Waals surface area contributed by atoms with Gasteiger partial charge in [-0.25, -0.2) is 0 Å². The van der Waals surface area contributed by atoms with E-state index in [1.54, 1.807) is 0 Å². The van der Waals surface area contributed by atoms with Gasteiger partial charge in [0.05, 0.1) is 5.75 Å². The molecule has 5 nitrogen and oxygen atoms in total. The molecule has 0 aliphatic rings. The second-order valence-electron chi connectivity index (χ2n) is 5.08. The van der Waals surface area contributed by atoms with Crippen LogP contribution in [0.5, 0.6) is 0 Å². The van der Waals surface area contributed by atoms with Crippen molar-refractivity contribution in [3.63, 3.8) is 0 Å². The molecular weight excluding hydrogens is 301 g/mol. The number of carbonyl (C=O) groups is 1. The summed E-state index contributed by atoms with van der Waals surface area (Å²) in [6.07, 6.45) is 10.5. The van der Waals surface area contributed by atoms with Crippen LogP contribution in [-0.4, -0.2) is 26.7 Å². The van der Waals surface area contributed by atoms with Crippen molar-refractivity contribution in [2.75, 3.05) is 12.3 Å². The molecule has 0 aromatic rings. The molecule has 0 aliphatic heterocycles. The van der Waals surface area contributed by atoms with E-state index in [1.165, 1.54) is 38.5 Å². The van der Waals surface area contributed by atoms with Crippen LogP contribution >= 0.6 is 0 Å². The topological polar surface area (TPSA) is 86.5 Å². The maximum absolute atomic E-state index is 11.3. The van der Waals surface area contributed by atoms with E-state index >= 15 is 0 Å². The standard InChI is InChI=1S/C14H29NO4S.Na.H/c1-2-3-4-5-6-7-8-9-10-11-14(16)19-20(17,18)13-12-15;;/h2-13,15H2,1H3;;/q;+1;-1. The molecule has 21 heavy (non-hydrogen) atoms. The Balaban J connectivity index is -0.00000180. The molecule has 0 saturated carbocycles. The van der Waals surface area contributed by atoms with Gasteiger partial charge >= 0.3 is 45.6 Å². The zero-order valence-corrected chi connectivity index (χ0v) is 16.4. The van der Waals surface area contributed by atoms with E-state index in [-0.39, 0.29) is 49.7 Å². The van der Waals surface area contributed by atoms with Crippen LogP contribution in [0.1, 0.15) is 72.6 Å². The summed E-state index contributed by atoms with van der Waals surface area (Å²) in [4.78, 5) is 11.3. The third-order valence-electron chi connectivity index (χ3n) is 3.07. The van der Waals surface area contributed by atoms with Gasteiger partial charge in [0.2, 0.25) is 0 Å². The number of hydrogen-bond donors (Lipinski definition) is 1. The average molecular weight is 331 g/mol. The van der Waals surface area contributed by atoms with Gasteiger partial charge in [-0.1, -0.05) is 58.3 Å². The molecule has 0 aliphatic carbocycles. The van der Waals surface area contributed by atoms with Crippen LogP contribution in [0, 0.1) is 0 Å². The summed E-state index contributed by atoms with van der Waals surface area (Å²) in [5, 5.41) is 0. The maximum Gasteiger partial charge on any atom is 1.00 e. The van der Waals surface area contributed by atoms with Crippen molar-refractivity contribution in [2.45, 2.75) is 71.1 Å². The minimum absolute atomic E-state index is 0. The largest absolute Gasteiger partial charge is 1.00 e. The van der Waals surface area contributed by atoms with Gasteiger partial charge in [-0.05, 0) is 6.42 Å². The Bertz CT molecular complexity index is 353. The van der Waals surface area contributed by atoms with Crippen molar-refractivity contribution in [3.8, 4) is 0 Å². The zero-order chi connectivity index (χ0) is 15.3. The monoisotopic (exact) mass is 331 g/mol. The number of hydrogen-bond acceptors (Lipinski definition) is 5. The molecule has 0 aromatic carbocycles. The van der Waals surface area contributed by atoms with Gasteiger partial charge in [0, 0.05) is 13.0 Å². The van der Waals surface area contributed by atoms with Crippen molar-refractivity contribution in [2.24, 2.45) is 5.73 Å². The summed E-state index contributed by atoms with van der Waals surface area (Å²) < 4.78 is 26.8. The first-order valence-corrected chi connectivity index (χ1v) is 9.24. The van der Waals surface area contributed by atoms with E-state index in [2.05, 4.69) is 11.1 Å². The molecule has 122 valence electrons. The van der Waals surface area contributed by atoms with E-state index in [0.717, 1.165) is 12.8 Å². The van der Waals surface area contributed by atoms with Crippen LogP contribution in [-0.2, 0) is 19.1 Å². The van der Waals surface area contributed by atoms with Gasteiger partial charge in [0.1, 0.15) is 0 Å². The number of nitrogens with two attached hydrogens (primary N) is 1. The van der Waals surface area contributed by atoms with E-state index in [9.17, 15) is 13.2 Å². The minimum atomic E-state index is -3.77. The molecular formula is C14H30NNaO4S. The summed E-state index contributed by atoms with van der Waals surface area (Å²) in [5.74, 6) is -0.974.